The van der Waals surface area contributed by atoms with Gasteiger partial charge in [-0.25, -0.2) is 14.5 Å². The molecule has 0 fully saturated rings. The Balaban J connectivity index is 0.652. The Morgan fingerprint density at radius 1 is 0.569 bits per heavy atom. The Morgan fingerprint density at radius 3 is 1.78 bits per heavy atom. The van der Waals surface area contributed by atoms with Crippen LogP contribution in [-0.4, -0.2) is 62.1 Å². The molecule has 1 aliphatic carbocycles. The number of aryl methyl sites for hydroxylation is 2. The molecule has 2 aliphatic rings. The standard InChI is InChI=1S/C60H63N9O2S/c1-40-34-53-55(38-49(40)61)69(47-16-10-9-11-17-47)56-39-52(41(2)35-54(56)67-53)63-31-13-6-8-15-33-65-60(71)45-24-20-43(21-25-45)42-18-22-44(23-19-42)59(70)64-32-14-7-5-12-30-62-46-26-28-50-57(36-46)72-58-37-48(68(3)4)27-29-51(58)66-50/h9-11,16-29,34-39H,5-8,12-15,30-33H2,1-4H3,(H4,61,63,64,65,70,71)/p+2. The Kier molecular flexibility index (Phi) is 15.8. The maximum Gasteiger partial charge on any atom is 0.251 e. The van der Waals surface area contributed by atoms with E-state index in [1.54, 1.807) is 11.3 Å². The van der Waals surface area contributed by atoms with Crippen molar-refractivity contribution in [2.45, 2.75) is 65.2 Å². The molecule has 1 aromatic heterocycles. The molecule has 0 spiro atoms. The lowest BCUT2D eigenvalue weighted by atomic mass is 10.0. The third-order valence-electron chi connectivity index (χ3n) is 13.4. The average molecular weight is 976 g/mol. The summed E-state index contributed by atoms with van der Waals surface area (Å²) in [6.07, 6.45) is 8.15. The number of amides is 2. The molecule has 7 aromatic rings. The molecule has 0 unspecified atom stereocenters. The van der Waals surface area contributed by atoms with Gasteiger partial charge in [-0.3, -0.25) is 9.59 Å². The fourth-order valence-corrected chi connectivity index (χ4v) is 10.2. The van der Waals surface area contributed by atoms with E-state index >= 15 is 0 Å². The predicted octanol–water partition coefficient (Wildman–Crippen LogP) is 11.1. The van der Waals surface area contributed by atoms with Gasteiger partial charge in [-0.2, -0.15) is 0 Å². The maximum absolute atomic E-state index is 13.0. The first kappa shape index (κ1) is 49.3. The molecule has 12 heteroatoms. The van der Waals surface area contributed by atoms with Crippen molar-refractivity contribution in [3.05, 3.63) is 167 Å². The topological polar surface area (TPSA) is 141 Å². The molecule has 11 nitrogen and oxygen atoms in total. The molecule has 1 aliphatic heterocycles. The van der Waals surface area contributed by atoms with Crippen LogP contribution in [0.2, 0.25) is 0 Å². The van der Waals surface area contributed by atoms with Crippen molar-refractivity contribution in [2.75, 3.05) is 56.6 Å². The average Bonchev–Trinajstić information content (AvgIpc) is 3.39. The van der Waals surface area contributed by atoms with Gasteiger partial charge in [0.25, 0.3) is 11.8 Å². The first-order chi connectivity index (χ1) is 35.1. The summed E-state index contributed by atoms with van der Waals surface area (Å²) in [5, 5.41) is 14.6. The van der Waals surface area contributed by atoms with E-state index in [1.165, 1.54) is 14.9 Å². The second-order valence-corrected chi connectivity index (χ2v) is 20.0. The molecule has 6 aromatic carbocycles. The summed E-state index contributed by atoms with van der Waals surface area (Å²) in [6, 6.07) is 46.9. The van der Waals surface area contributed by atoms with Crippen LogP contribution in [0.5, 0.6) is 0 Å². The number of nitrogen functional groups attached to an aromatic ring is 1. The number of nitrogens with two attached hydrogens (primary N) is 1. The number of hydrogen-bond donors (Lipinski definition) is 5. The number of para-hydroxylation sites is 1. The first-order valence-electron chi connectivity index (χ1n) is 25.3. The van der Waals surface area contributed by atoms with Gasteiger partial charge in [0.2, 0.25) is 22.1 Å². The molecule has 0 saturated carbocycles. The van der Waals surface area contributed by atoms with Crippen LogP contribution in [0.25, 0.3) is 59.7 Å². The van der Waals surface area contributed by atoms with Gasteiger partial charge in [0.1, 0.15) is 25.1 Å². The van der Waals surface area contributed by atoms with Crippen LogP contribution in [0.15, 0.2) is 140 Å². The molecule has 0 radical (unpaired) electrons. The summed E-state index contributed by atoms with van der Waals surface area (Å²) in [5.41, 5.74) is 21.7. The largest absolute Gasteiger partial charge is 0.398 e. The Labute approximate surface area is 426 Å². The van der Waals surface area contributed by atoms with Crippen molar-refractivity contribution in [3.8, 4) is 27.4 Å². The van der Waals surface area contributed by atoms with E-state index in [0.717, 1.165) is 143 Å². The smallest absolute Gasteiger partial charge is 0.251 e. The van der Waals surface area contributed by atoms with Crippen molar-refractivity contribution in [1.29, 1.82) is 0 Å². The van der Waals surface area contributed by atoms with Gasteiger partial charge < -0.3 is 27.0 Å². The van der Waals surface area contributed by atoms with Gasteiger partial charge >= 0.3 is 0 Å². The molecule has 6 N–H and O–H groups in total. The fraction of sp³-hybridized carbons (Fsp3) is 0.267. The summed E-state index contributed by atoms with van der Waals surface area (Å²) in [6.45, 7) is 7.17. The number of hydrogen-bond acceptors (Lipinski definition) is 8. The van der Waals surface area contributed by atoms with Gasteiger partial charge in [-0.15, -0.1) is 15.9 Å². The van der Waals surface area contributed by atoms with Gasteiger partial charge in [0.15, 0.2) is 0 Å². The number of aromatic nitrogens is 3. The fourth-order valence-electron chi connectivity index (χ4n) is 9.12. The van der Waals surface area contributed by atoms with Crippen molar-refractivity contribution in [2.24, 2.45) is 0 Å². The van der Waals surface area contributed by atoms with E-state index in [2.05, 4.69) is 130 Å². The van der Waals surface area contributed by atoms with E-state index in [4.69, 9.17) is 15.7 Å². The Hall–Kier alpha value is -7.70. The van der Waals surface area contributed by atoms with Crippen LogP contribution in [0.4, 0.5) is 17.1 Å². The number of carbonyl (C=O) groups is 2. The minimum absolute atomic E-state index is 0.0634. The number of unbranched alkanes of at least 4 members (excludes halogenated alkanes) is 6. The number of fused-ring (bicyclic) bond motifs is 4. The zero-order valence-corrected chi connectivity index (χ0v) is 42.7. The highest BCUT2D eigenvalue weighted by atomic mass is 32.1. The summed E-state index contributed by atoms with van der Waals surface area (Å²) < 4.78 is 5.54. The number of rotatable bonds is 20. The van der Waals surface area contributed by atoms with E-state index in [1.807, 2.05) is 67.6 Å². The molecule has 366 valence electrons. The van der Waals surface area contributed by atoms with E-state index in [-0.39, 0.29) is 11.8 Å². The molecule has 2 heterocycles. The number of benzene rings is 7. The number of carbonyl (C=O) groups excluding carboxylic acids is 2. The third kappa shape index (κ3) is 11.9. The number of anilines is 3. The minimum Gasteiger partial charge on any atom is -0.398 e. The highest BCUT2D eigenvalue weighted by Gasteiger charge is 2.22. The minimum atomic E-state index is -0.0705. The molecule has 0 saturated heterocycles. The zero-order chi connectivity index (χ0) is 50.0. The van der Waals surface area contributed by atoms with E-state index in [0.29, 0.717) is 24.2 Å². The summed E-state index contributed by atoms with van der Waals surface area (Å²) in [5.74, 6) is -0.134. The number of nitrogens with zero attached hydrogens (tertiary/aromatic N) is 4. The van der Waals surface area contributed by atoms with Crippen molar-refractivity contribution in [3.63, 3.8) is 0 Å². The van der Waals surface area contributed by atoms with Crippen LogP contribution in [0.3, 0.4) is 0 Å². The summed E-state index contributed by atoms with van der Waals surface area (Å²) >= 11 is 1.78. The maximum atomic E-state index is 13.0. The van der Waals surface area contributed by atoms with E-state index < -0.39 is 0 Å². The second-order valence-electron chi connectivity index (χ2n) is 18.9. The first-order valence-corrected chi connectivity index (χ1v) is 26.1. The van der Waals surface area contributed by atoms with Gasteiger partial charge in [0.05, 0.1) is 20.8 Å². The summed E-state index contributed by atoms with van der Waals surface area (Å²) in [7, 11) is 4.11. The van der Waals surface area contributed by atoms with Crippen LogP contribution >= 0.6 is 11.3 Å². The highest BCUT2D eigenvalue weighted by Crippen LogP contribution is 2.31. The lowest BCUT2D eigenvalue weighted by Gasteiger charge is -2.12. The van der Waals surface area contributed by atoms with Crippen molar-refractivity contribution < 1.29 is 14.2 Å². The lowest BCUT2D eigenvalue weighted by Crippen LogP contribution is -2.33. The van der Waals surface area contributed by atoms with Crippen LogP contribution in [0.1, 0.15) is 83.2 Å². The molecule has 9 rings (SSSR count). The lowest BCUT2D eigenvalue weighted by molar-refractivity contribution is -0.538. The van der Waals surface area contributed by atoms with Gasteiger partial charge in [-0.05, 0) is 122 Å². The Bertz CT molecular complexity index is 3410. The molecule has 0 atom stereocenters. The molecule has 72 heavy (non-hydrogen) atoms. The van der Waals surface area contributed by atoms with Crippen molar-refractivity contribution >= 4 is 72.5 Å². The van der Waals surface area contributed by atoms with Crippen molar-refractivity contribution in [1.82, 2.24) is 25.2 Å². The third-order valence-corrected chi connectivity index (χ3v) is 14.4. The Morgan fingerprint density at radius 2 is 1.15 bits per heavy atom. The van der Waals surface area contributed by atoms with E-state index in [9.17, 15) is 9.59 Å². The highest BCUT2D eigenvalue weighted by molar-refractivity contribution is 7.21. The van der Waals surface area contributed by atoms with Gasteiger partial charge in [0, 0.05) is 90.8 Å². The summed E-state index contributed by atoms with van der Waals surface area (Å²) in [4.78, 5) is 37.0. The SMILES string of the molecule is Cc1cc2nc3cc(C)c(NCCCCCCNC(=O)c4ccc(-c5ccc(C(=O)NCCCCCCNc6ccc7nc8ccc(=[N+](C)C)cc-8sc7c6)cc5)cc4)cc3[n+](-c3ccccc3)c2cc1N. The van der Waals surface area contributed by atoms with Crippen LogP contribution < -0.4 is 41.5 Å². The monoisotopic (exact) mass is 975 g/mol. The van der Waals surface area contributed by atoms with Crippen LogP contribution in [0, 0.1) is 13.8 Å². The normalized spacial score (nSPS) is 11.3. The molecular formula is C60H65N9O2S+2. The number of nitrogens with one attached hydrogen (secondary N) is 4. The zero-order valence-electron chi connectivity index (χ0n) is 41.9. The molecule has 2 amide bonds. The second kappa shape index (κ2) is 23.0. The quantitative estimate of drug-likeness (QED) is 0.0222. The molecule has 0 bridgehead atoms. The van der Waals surface area contributed by atoms with Gasteiger partial charge in [-0.1, -0.05) is 68.1 Å². The molecular weight excluding hydrogens is 911 g/mol. The van der Waals surface area contributed by atoms with Crippen LogP contribution in [-0.2, 0) is 0 Å². The predicted molar refractivity (Wildman–Crippen MR) is 298 cm³/mol.